The summed E-state index contributed by atoms with van der Waals surface area (Å²) < 4.78 is 0. The van der Waals surface area contributed by atoms with Crippen molar-refractivity contribution in [3.8, 4) is 22.5 Å². The van der Waals surface area contributed by atoms with Crippen LogP contribution in [-0.2, 0) is 19.5 Å². The third-order valence-corrected chi connectivity index (χ3v) is 5.21. The van der Waals surface area contributed by atoms with E-state index in [1.807, 2.05) is 62.6 Å². The molecular weight excluding hydrogens is 545 g/mol. The third-order valence-electron chi connectivity index (χ3n) is 5.21. The molecule has 2 aromatic heterocycles. The standard InChI is InChI=1S/2C14H16N2.C2H6N2.Ru/c2*1-10(2)13-9-15-14(11(3)16-13)12-7-5-4-6-8-12;1-2(3)4;/h2*4-10H,1-3H3;1H3,(H3,3,4);/q;;;+3. The predicted octanol–water partition coefficient (Wildman–Crippen LogP) is 7.09. The van der Waals surface area contributed by atoms with E-state index in [0.717, 1.165) is 45.3 Å². The first-order valence-electron chi connectivity index (χ1n) is 12.2. The second-order valence-electron chi connectivity index (χ2n) is 9.18. The van der Waals surface area contributed by atoms with E-state index in [2.05, 4.69) is 71.9 Å². The number of rotatable bonds is 4. The van der Waals surface area contributed by atoms with Crippen LogP contribution in [0.1, 0.15) is 69.2 Å². The maximum atomic E-state index is 6.28. The van der Waals surface area contributed by atoms with Crippen LogP contribution in [0.2, 0.25) is 0 Å². The molecule has 193 valence electrons. The quantitative estimate of drug-likeness (QED) is 0.152. The predicted molar refractivity (Wildman–Crippen MR) is 150 cm³/mol. The summed E-state index contributed by atoms with van der Waals surface area (Å²) in [5.41, 5.74) is 13.0. The Kier molecular flexibility index (Phi) is 13.5. The normalized spacial score (nSPS) is 9.97. The van der Waals surface area contributed by atoms with Gasteiger partial charge in [-0.1, -0.05) is 88.4 Å². The Balaban J connectivity index is 0.000000316. The van der Waals surface area contributed by atoms with Crippen molar-refractivity contribution >= 4 is 5.84 Å². The number of aryl methyl sites for hydroxylation is 2. The van der Waals surface area contributed by atoms with Crippen molar-refractivity contribution in [3.05, 3.63) is 95.8 Å². The van der Waals surface area contributed by atoms with Gasteiger partial charge < -0.3 is 5.73 Å². The molecule has 0 bridgehead atoms. The van der Waals surface area contributed by atoms with E-state index in [0.29, 0.717) is 11.8 Å². The van der Waals surface area contributed by atoms with E-state index in [-0.39, 0.29) is 25.3 Å². The molecule has 3 N–H and O–H groups in total. The smallest absolute Gasteiger partial charge is 0.388 e. The van der Waals surface area contributed by atoms with Crippen molar-refractivity contribution in [2.45, 2.75) is 60.3 Å². The Morgan fingerprint density at radius 2 is 0.973 bits per heavy atom. The molecule has 1 radical (unpaired) electrons. The number of aromatic nitrogens is 4. The molecule has 0 aliphatic rings. The number of hydrogen-bond acceptors (Lipinski definition) is 5. The Morgan fingerprint density at radius 3 is 1.22 bits per heavy atom. The molecule has 0 saturated heterocycles. The van der Waals surface area contributed by atoms with Gasteiger partial charge in [0.15, 0.2) is 0 Å². The summed E-state index contributed by atoms with van der Waals surface area (Å²) in [4.78, 5) is 18.2. The van der Waals surface area contributed by atoms with Crippen LogP contribution in [0.15, 0.2) is 73.1 Å². The SMILES string of the molecule is CC(=N)N.Cc1nc(C(C)C)cnc1-c1ccccc1.Cc1nc(C(C)C)cnc1-c1ccccc1.[Ru+3]. The van der Waals surface area contributed by atoms with Crippen LogP contribution >= 0.6 is 0 Å². The maximum absolute atomic E-state index is 6.28. The number of benzene rings is 2. The van der Waals surface area contributed by atoms with Gasteiger partial charge in [-0.15, -0.1) is 0 Å². The molecule has 0 atom stereocenters. The van der Waals surface area contributed by atoms with Gasteiger partial charge in [0.25, 0.3) is 0 Å². The van der Waals surface area contributed by atoms with Gasteiger partial charge >= 0.3 is 19.5 Å². The minimum Gasteiger partial charge on any atom is -0.388 e. The van der Waals surface area contributed by atoms with Gasteiger partial charge in [-0.2, -0.15) is 0 Å². The number of amidine groups is 1. The molecule has 6 nitrogen and oxygen atoms in total. The molecule has 7 heteroatoms. The van der Waals surface area contributed by atoms with Gasteiger partial charge in [0.1, 0.15) is 0 Å². The largest absolute Gasteiger partial charge is 3.00 e. The monoisotopic (exact) mass is 584 g/mol. The molecule has 4 aromatic rings. The minimum absolute atomic E-state index is 0. The van der Waals surface area contributed by atoms with Gasteiger partial charge in [-0.25, -0.2) is 0 Å². The Bertz CT molecular complexity index is 1140. The number of hydrogen-bond donors (Lipinski definition) is 2. The van der Waals surface area contributed by atoms with E-state index in [1.165, 1.54) is 6.92 Å². The molecule has 37 heavy (non-hydrogen) atoms. The average Bonchev–Trinajstić information content (AvgIpc) is 2.85. The second-order valence-corrected chi connectivity index (χ2v) is 9.18. The Labute approximate surface area is 234 Å². The molecule has 2 aromatic carbocycles. The van der Waals surface area contributed by atoms with Crippen molar-refractivity contribution in [2.24, 2.45) is 5.73 Å². The maximum Gasteiger partial charge on any atom is 3.00 e. The van der Waals surface area contributed by atoms with E-state index < -0.39 is 0 Å². The van der Waals surface area contributed by atoms with Crippen molar-refractivity contribution < 1.29 is 19.5 Å². The number of nitrogens with two attached hydrogens (primary N) is 1. The molecule has 0 fully saturated rings. The third kappa shape index (κ3) is 10.3. The Morgan fingerprint density at radius 1 is 0.676 bits per heavy atom. The van der Waals surface area contributed by atoms with Gasteiger partial charge in [-0.05, 0) is 32.6 Å². The molecule has 0 saturated carbocycles. The van der Waals surface area contributed by atoms with Crippen LogP contribution in [0, 0.1) is 19.3 Å². The van der Waals surface area contributed by atoms with Crippen molar-refractivity contribution in [2.75, 3.05) is 0 Å². The van der Waals surface area contributed by atoms with Crippen LogP contribution in [0.5, 0.6) is 0 Å². The van der Waals surface area contributed by atoms with Crippen LogP contribution in [-0.4, -0.2) is 25.8 Å². The molecule has 2 heterocycles. The summed E-state index contributed by atoms with van der Waals surface area (Å²) in [5, 5.41) is 6.28. The Hall–Kier alpha value is -3.31. The number of nitrogens with zero attached hydrogens (tertiary/aromatic N) is 4. The zero-order valence-corrected chi connectivity index (χ0v) is 24.5. The van der Waals surface area contributed by atoms with E-state index in [1.54, 1.807) is 0 Å². The van der Waals surface area contributed by atoms with Crippen LogP contribution in [0.4, 0.5) is 0 Å². The van der Waals surface area contributed by atoms with Gasteiger partial charge in [-0.3, -0.25) is 25.3 Å². The van der Waals surface area contributed by atoms with Gasteiger partial charge in [0.05, 0.1) is 40.0 Å². The molecule has 0 amide bonds. The summed E-state index contributed by atoms with van der Waals surface area (Å²) in [5.74, 6) is 1.02. The summed E-state index contributed by atoms with van der Waals surface area (Å²) in [7, 11) is 0. The fourth-order valence-corrected chi connectivity index (χ4v) is 3.31. The topological polar surface area (TPSA) is 101 Å². The molecule has 0 aliphatic carbocycles. The summed E-state index contributed by atoms with van der Waals surface area (Å²) in [6.45, 7) is 14.1. The van der Waals surface area contributed by atoms with Gasteiger partial charge in [0.2, 0.25) is 0 Å². The summed E-state index contributed by atoms with van der Waals surface area (Å²) in [6.07, 6.45) is 3.75. The zero-order valence-electron chi connectivity index (χ0n) is 22.8. The molecule has 4 rings (SSSR count). The zero-order chi connectivity index (χ0) is 26.7. The number of nitrogens with one attached hydrogen (secondary N) is 1. The summed E-state index contributed by atoms with van der Waals surface area (Å²) in [6, 6.07) is 20.3. The fraction of sp³-hybridized carbons (Fsp3) is 0.300. The van der Waals surface area contributed by atoms with Crippen LogP contribution < -0.4 is 5.73 Å². The fourth-order valence-electron chi connectivity index (χ4n) is 3.31. The van der Waals surface area contributed by atoms with E-state index in [4.69, 9.17) is 11.1 Å². The van der Waals surface area contributed by atoms with Crippen LogP contribution in [0.3, 0.4) is 0 Å². The molecule has 0 spiro atoms. The van der Waals surface area contributed by atoms with Gasteiger partial charge in [0, 0.05) is 23.5 Å². The molecule has 0 aliphatic heterocycles. The van der Waals surface area contributed by atoms with Crippen LogP contribution in [0.25, 0.3) is 22.5 Å². The average molecular weight is 584 g/mol. The van der Waals surface area contributed by atoms with Crippen molar-refractivity contribution in [1.29, 1.82) is 5.41 Å². The van der Waals surface area contributed by atoms with E-state index >= 15 is 0 Å². The first kappa shape index (κ1) is 31.7. The van der Waals surface area contributed by atoms with E-state index in [9.17, 15) is 0 Å². The first-order chi connectivity index (χ1) is 17.1. The first-order valence-corrected chi connectivity index (χ1v) is 12.2. The molecule has 0 unspecified atom stereocenters. The van der Waals surface area contributed by atoms with Crippen molar-refractivity contribution in [3.63, 3.8) is 0 Å². The molecular formula is C30H38N6Ru+3. The minimum atomic E-state index is 0. The van der Waals surface area contributed by atoms with Crippen molar-refractivity contribution in [1.82, 2.24) is 19.9 Å². The summed E-state index contributed by atoms with van der Waals surface area (Å²) >= 11 is 0. The second kappa shape index (κ2) is 15.7.